The molecule has 0 aliphatic carbocycles. The van der Waals surface area contributed by atoms with Gasteiger partial charge in [-0.3, -0.25) is 4.79 Å². The third-order valence-electron chi connectivity index (χ3n) is 2.68. The molecule has 1 N–H and O–H groups in total. The van der Waals surface area contributed by atoms with Crippen LogP contribution < -0.4 is 4.74 Å². The van der Waals surface area contributed by atoms with Gasteiger partial charge in [0.2, 0.25) is 0 Å². The summed E-state index contributed by atoms with van der Waals surface area (Å²) in [6.07, 6.45) is 2.76. The van der Waals surface area contributed by atoms with Gasteiger partial charge in [0.15, 0.2) is 0 Å². The fourth-order valence-corrected chi connectivity index (χ4v) is 1.87. The van der Waals surface area contributed by atoms with Gasteiger partial charge in [-0.05, 0) is 30.9 Å². The first-order valence-corrected chi connectivity index (χ1v) is 5.22. The Labute approximate surface area is 88.7 Å². The van der Waals surface area contributed by atoms with Gasteiger partial charge in [0.25, 0.3) is 0 Å². The summed E-state index contributed by atoms with van der Waals surface area (Å²) in [6, 6.07) is 7.95. The zero-order chi connectivity index (χ0) is 10.7. The summed E-state index contributed by atoms with van der Waals surface area (Å²) in [7, 11) is 0. The molecule has 0 fully saturated rings. The summed E-state index contributed by atoms with van der Waals surface area (Å²) in [6.45, 7) is 0. The van der Waals surface area contributed by atoms with Gasteiger partial charge in [0.1, 0.15) is 5.75 Å². The Balaban J connectivity index is 1.96. The van der Waals surface area contributed by atoms with Gasteiger partial charge < -0.3 is 9.84 Å². The van der Waals surface area contributed by atoms with Crippen molar-refractivity contribution in [2.45, 2.75) is 31.8 Å². The molecule has 0 saturated carbocycles. The molecule has 1 heterocycles. The Kier molecular flexibility index (Phi) is 2.90. The van der Waals surface area contributed by atoms with E-state index in [-0.39, 0.29) is 12.5 Å². The van der Waals surface area contributed by atoms with E-state index in [0.717, 1.165) is 18.6 Å². The second-order valence-corrected chi connectivity index (χ2v) is 3.82. The van der Waals surface area contributed by atoms with Crippen LogP contribution in [-0.2, 0) is 11.2 Å². The van der Waals surface area contributed by atoms with Crippen LogP contribution in [-0.4, -0.2) is 17.2 Å². The molecular weight excluding hydrogens is 192 g/mol. The Morgan fingerprint density at radius 3 is 3.07 bits per heavy atom. The number of rotatable bonds is 3. The Hall–Kier alpha value is -1.51. The maximum absolute atomic E-state index is 10.4. The first kappa shape index (κ1) is 10.0. The van der Waals surface area contributed by atoms with Gasteiger partial charge in [-0.25, -0.2) is 0 Å². The van der Waals surface area contributed by atoms with E-state index in [1.807, 2.05) is 18.2 Å². The molecule has 0 bridgehead atoms. The van der Waals surface area contributed by atoms with Crippen LogP contribution in [0.15, 0.2) is 24.3 Å². The molecule has 2 rings (SSSR count). The number of hydrogen-bond acceptors (Lipinski definition) is 2. The summed E-state index contributed by atoms with van der Waals surface area (Å²) in [5.74, 6) is 0.164. The number of carboxylic acids is 1. The van der Waals surface area contributed by atoms with Crippen molar-refractivity contribution >= 4 is 5.97 Å². The van der Waals surface area contributed by atoms with E-state index in [2.05, 4.69) is 6.07 Å². The molecule has 1 aliphatic rings. The van der Waals surface area contributed by atoms with Crippen LogP contribution in [0.1, 0.15) is 24.8 Å². The minimum Gasteiger partial charge on any atom is -0.490 e. The molecule has 0 amide bonds. The van der Waals surface area contributed by atoms with Crippen molar-refractivity contribution in [1.82, 2.24) is 0 Å². The van der Waals surface area contributed by atoms with Gasteiger partial charge in [0.05, 0.1) is 6.10 Å². The maximum atomic E-state index is 10.4. The van der Waals surface area contributed by atoms with E-state index >= 15 is 0 Å². The summed E-state index contributed by atoms with van der Waals surface area (Å²) in [5, 5.41) is 8.58. The van der Waals surface area contributed by atoms with Crippen LogP contribution in [0.2, 0.25) is 0 Å². The number of hydrogen-bond donors (Lipinski definition) is 1. The molecule has 1 aromatic rings. The minimum atomic E-state index is -0.752. The number of ether oxygens (including phenoxy) is 1. The SMILES string of the molecule is O=C(O)CCC1CCc2ccccc2O1. The molecular formula is C12H14O3. The van der Waals surface area contributed by atoms with Gasteiger partial charge in [0, 0.05) is 6.42 Å². The highest BCUT2D eigenvalue weighted by Gasteiger charge is 2.19. The molecule has 1 unspecified atom stereocenters. The molecule has 1 atom stereocenters. The lowest BCUT2D eigenvalue weighted by Gasteiger charge is -2.25. The zero-order valence-corrected chi connectivity index (χ0v) is 8.48. The smallest absolute Gasteiger partial charge is 0.303 e. The highest BCUT2D eigenvalue weighted by Crippen LogP contribution is 2.28. The monoisotopic (exact) mass is 206 g/mol. The van der Waals surface area contributed by atoms with Crippen LogP contribution in [0, 0.1) is 0 Å². The van der Waals surface area contributed by atoms with Crippen LogP contribution in [0.5, 0.6) is 5.75 Å². The van der Waals surface area contributed by atoms with E-state index < -0.39 is 5.97 Å². The third-order valence-corrected chi connectivity index (χ3v) is 2.68. The summed E-state index contributed by atoms with van der Waals surface area (Å²) < 4.78 is 5.72. The number of aliphatic carboxylic acids is 1. The number of carboxylic acid groups (broad SMARTS) is 1. The van der Waals surface area contributed by atoms with Crippen LogP contribution >= 0.6 is 0 Å². The zero-order valence-electron chi connectivity index (χ0n) is 8.48. The topological polar surface area (TPSA) is 46.5 Å². The highest BCUT2D eigenvalue weighted by molar-refractivity contribution is 5.66. The van der Waals surface area contributed by atoms with E-state index in [0.29, 0.717) is 6.42 Å². The molecule has 0 spiro atoms. The summed E-state index contributed by atoms with van der Waals surface area (Å²) in [5.41, 5.74) is 1.23. The Morgan fingerprint density at radius 2 is 2.27 bits per heavy atom. The van der Waals surface area contributed by atoms with Gasteiger partial charge >= 0.3 is 5.97 Å². The van der Waals surface area contributed by atoms with E-state index in [4.69, 9.17) is 9.84 Å². The lowest BCUT2D eigenvalue weighted by atomic mass is 10.00. The fourth-order valence-electron chi connectivity index (χ4n) is 1.87. The molecule has 0 aromatic heterocycles. The number of fused-ring (bicyclic) bond motifs is 1. The number of carbonyl (C=O) groups is 1. The first-order chi connectivity index (χ1) is 7.25. The standard InChI is InChI=1S/C12H14O3/c13-12(14)8-7-10-6-5-9-3-1-2-4-11(9)15-10/h1-4,10H,5-8H2,(H,13,14). The summed E-state index contributed by atoms with van der Waals surface area (Å²) >= 11 is 0. The van der Waals surface area contributed by atoms with E-state index in [1.54, 1.807) is 0 Å². The number of benzene rings is 1. The quantitative estimate of drug-likeness (QED) is 0.825. The van der Waals surface area contributed by atoms with Crippen LogP contribution in [0.25, 0.3) is 0 Å². The molecule has 3 heteroatoms. The van der Waals surface area contributed by atoms with Crippen molar-refractivity contribution in [1.29, 1.82) is 0 Å². The van der Waals surface area contributed by atoms with E-state index in [9.17, 15) is 4.79 Å². The normalized spacial score (nSPS) is 19.1. The highest BCUT2D eigenvalue weighted by atomic mass is 16.5. The van der Waals surface area contributed by atoms with Crippen LogP contribution in [0.4, 0.5) is 0 Å². The first-order valence-electron chi connectivity index (χ1n) is 5.22. The third kappa shape index (κ3) is 2.49. The fraction of sp³-hybridized carbons (Fsp3) is 0.417. The maximum Gasteiger partial charge on any atom is 0.303 e. The molecule has 1 aromatic carbocycles. The molecule has 80 valence electrons. The Bertz CT molecular complexity index is 360. The average Bonchev–Trinajstić information content (AvgIpc) is 2.26. The largest absolute Gasteiger partial charge is 0.490 e. The van der Waals surface area contributed by atoms with Crippen molar-refractivity contribution in [3.05, 3.63) is 29.8 Å². The average molecular weight is 206 g/mol. The number of para-hydroxylation sites is 1. The van der Waals surface area contributed by atoms with E-state index in [1.165, 1.54) is 5.56 Å². The van der Waals surface area contributed by atoms with Crippen LogP contribution in [0.3, 0.4) is 0 Å². The molecule has 0 radical (unpaired) electrons. The minimum absolute atomic E-state index is 0.0657. The van der Waals surface area contributed by atoms with Gasteiger partial charge in [-0.15, -0.1) is 0 Å². The van der Waals surface area contributed by atoms with Crippen molar-refractivity contribution < 1.29 is 14.6 Å². The van der Waals surface area contributed by atoms with Crippen molar-refractivity contribution in [2.24, 2.45) is 0 Å². The van der Waals surface area contributed by atoms with Crippen molar-refractivity contribution in [3.8, 4) is 5.75 Å². The van der Waals surface area contributed by atoms with Gasteiger partial charge in [-0.2, -0.15) is 0 Å². The Morgan fingerprint density at radius 1 is 1.47 bits per heavy atom. The summed E-state index contributed by atoms with van der Waals surface area (Å²) in [4.78, 5) is 10.4. The van der Waals surface area contributed by atoms with Crippen molar-refractivity contribution in [3.63, 3.8) is 0 Å². The second kappa shape index (κ2) is 4.34. The molecule has 1 aliphatic heterocycles. The van der Waals surface area contributed by atoms with Crippen molar-refractivity contribution in [2.75, 3.05) is 0 Å². The number of aryl methyl sites for hydroxylation is 1. The molecule has 0 saturated heterocycles. The lowest BCUT2D eigenvalue weighted by molar-refractivity contribution is -0.137. The lowest BCUT2D eigenvalue weighted by Crippen LogP contribution is -2.23. The molecule has 15 heavy (non-hydrogen) atoms. The predicted octanol–water partition coefficient (Wildman–Crippen LogP) is 2.25. The second-order valence-electron chi connectivity index (χ2n) is 3.82. The van der Waals surface area contributed by atoms with Gasteiger partial charge in [-0.1, -0.05) is 18.2 Å². The molecule has 3 nitrogen and oxygen atoms in total. The predicted molar refractivity (Wildman–Crippen MR) is 56.0 cm³/mol.